The highest BCUT2D eigenvalue weighted by Gasteiger charge is 2.16. The number of hydrogen-bond acceptors (Lipinski definition) is 2. The molecule has 2 heteroatoms. The molecule has 0 aromatic heterocycles. The minimum atomic E-state index is 0.610. The maximum atomic E-state index is 3.99. The largest absolute Gasteiger partial charge is 0.344 e. The van der Waals surface area contributed by atoms with Crippen molar-refractivity contribution in [2.45, 2.75) is 40.5 Å². The van der Waals surface area contributed by atoms with Gasteiger partial charge in [0, 0.05) is 18.4 Å². The van der Waals surface area contributed by atoms with Gasteiger partial charge in [0.05, 0.1) is 0 Å². The molecule has 1 unspecified atom stereocenters. The van der Waals surface area contributed by atoms with Crippen molar-refractivity contribution in [1.82, 2.24) is 10.2 Å². The van der Waals surface area contributed by atoms with Crippen molar-refractivity contribution in [3.8, 4) is 0 Å². The number of nitrogens with one attached hydrogen (secondary N) is 1. The molecule has 1 aliphatic rings. The van der Waals surface area contributed by atoms with Gasteiger partial charge in [-0.3, -0.25) is 0 Å². The summed E-state index contributed by atoms with van der Waals surface area (Å²) in [5.74, 6) is 1.82. The fraction of sp³-hybridized carbons (Fsp3) is 0.571. The Morgan fingerprint density at radius 2 is 2.12 bits per heavy atom. The Morgan fingerprint density at radius 3 is 2.56 bits per heavy atom. The highest BCUT2D eigenvalue weighted by atomic mass is 15.3. The molecule has 1 N–H and O–H groups in total. The van der Waals surface area contributed by atoms with E-state index in [1.54, 1.807) is 0 Å². The number of nitrogens with zero attached hydrogens (tertiary/aromatic N) is 1. The summed E-state index contributed by atoms with van der Waals surface area (Å²) in [6.07, 6.45) is 4.55. The van der Waals surface area contributed by atoms with Crippen molar-refractivity contribution in [3.05, 3.63) is 35.4 Å². The van der Waals surface area contributed by atoms with E-state index in [2.05, 4.69) is 57.6 Å². The Balaban J connectivity index is 2.47. The van der Waals surface area contributed by atoms with E-state index in [4.69, 9.17) is 0 Å². The van der Waals surface area contributed by atoms with Crippen molar-refractivity contribution in [1.29, 1.82) is 0 Å². The molecular weight excluding hydrogens is 196 g/mol. The summed E-state index contributed by atoms with van der Waals surface area (Å²) < 4.78 is 0. The molecule has 0 saturated heterocycles. The van der Waals surface area contributed by atoms with Crippen molar-refractivity contribution < 1.29 is 0 Å². The second-order valence-electron chi connectivity index (χ2n) is 4.81. The van der Waals surface area contributed by atoms with Crippen LogP contribution in [0.3, 0.4) is 0 Å². The Morgan fingerprint density at radius 1 is 1.50 bits per heavy atom. The molecule has 0 aromatic rings. The van der Waals surface area contributed by atoms with Crippen molar-refractivity contribution in [3.63, 3.8) is 0 Å². The normalized spacial score (nSPS) is 20.3. The molecule has 1 atom stereocenters. The minimum Gasteiger partial charge on any atom is -0.344 e. The molecule has 90 valence electrons. The highest BCUT2D eigenvalue weighted by Crippen LogP contribution is 2.21. The Hall–Kier alpha value is -1.18. The maximum Gasteiger partial charge on any atom is 0.105 e. The SMILES string of the molecule is C=C(C)C(C)CCC=C1NC(C)=C(C)N1C. The number of hydrogen-bond donors (Lipinski definition) is 1. The van der Waals surface area contributed by atoms with Gasteiger partial charge >= 0.3 is 0 Å². The van der Waals surface area contributed by atoms with E-state index in [9.17, 15) is 0 Å². The Kier molecular flexibility index (Phi) is 4.22. The molecule has 1 heterocycles. The fourth-order valence-corrected chi connectivity index (χ4v) is 1.70. The second kappa shape index (κ2) is 5.24. The molecule has 2 nitrogen and oxygen atoms in total. The monoisotopic (exact) mass is 220 g/mol. The number of rotatable bonds is 4. The van der Waals surface area contributed by atoms with Crippen LogP contribution in [0.15, 0.2) is 35.4 Å². The van der Waals surface area contributed by atoms with Gasteiger partial charge < -0.3 is 10.2 Å². The van der Waals surface area contributed by atoms with Gasteiger partial charge in [0.2, 0.25) is 0 Å². The summed E-state index contributed by atoms with van der Waals surface area (Å²) >= 11 is 0. The molecule has 0 fully saturated rings. The lowest BCUT2D eigenvalue weighted by Gasteiger charge is -2.15. The summed E-state index contributed by atoms with van der Waals surface area (Å²) in [7, 11) is 2.10. The zero-order chi connectivity index (χ0) is 12.3. The molecule has 1 aliphatic heterocycles. The molecule has 0 aliphatic carbocycles. The van der Waals surface area contributed by atoms with Crippen LogP contribution in [0.1, 0.15) is 40.5 Å². The smallest absolute Gasteiger partial charge is 0.105 e. The van der Waals surface area contributed by atoms with Gasteiger partial charge in [0.15, 0.2) is 0 Å². The maximum absolute atomic E-state index is 3.99. The quantitative estimate of drug-likeness (QED) is 0.728. The van der Waals surface area contributed by atoms with Gasteiger partial charge in [-0.1, -0.05) is 19.1 Å². The van der Waals surface area contributed by atoms with E-state index in [0.29, 0.717) is 5.92 Å². The van der Waals surface area contributed by atoms with Crippen LogP contribution in [0.4, 0.5) is 0 Å². The molecular formula is C14H24N2. The van der Waals surface area contributed by atoms with Crippen molar-refractivity contribution in [2.24, 2.45) is 5.92 Å². The van der Waals surface area contributed by atoms with E-state index in [1.165, 1.54) is 29.2 Å². The van der Waals surface area contributed by atoms with E-state index in [-0.39, 0.29) is 0 Å². The van der Waals surface area contributed by atoms with Gasteiger partial charge in [-0.2, -0.15) is 0 Å². The molecule has 0 aromatic carbocycles. The predicted octanol–water partition coefficient (Wildman–Crippen LogP) is 3.61. The van der Waals surface area contributed by atoms with Crippen LogP contribution in [-0.4, -0.2) is 11.9 Å². The van der Waals surface area contributed by atoms with E-state index < -0.39 is 0 Å². The molecule has 0 spiro atoms. The second-order valence-corrected chi connectivity index (χ2v) is 4.81. The molecule has 1 rings (SSSR count). The first-order valence-corrected chi connectivity index (χ1v) is 5.97. The third-order valence-corrected chi connectivity index (χ3v) is 3.50. The molecule has 0 saturated carbocycles. The lowest BCUT2D eigenvalue weighted by molar-refractivity contribution is 0.521. The highest BCUT2D eigenvalue weighted by molar-refractivity contribution is 5.24. The lowest BCUT2D eigenvalue weighted by Crippen LogP contribution is -2.16. The first-order chi connectivity index (χ1) is 7.43. The first kappa shape index (κ1) is 12.9. The predicted molar refractivity (Wildman–Crippen MR) is 70.6 cm³/mol. The molecule has 0 amide bonds. The number of allylic oxidation sites excluding steroid dienone is 4. The average Bonchev–Trinajstić information content (AvgIpc) is 2.46. The van der Waals surface area contributed by atoms with Crippen LogP contribution in [0.2, 0.25) is 0 Å². The van der Waals surface area contributed by atoms with E-state index in [0.717, 1.165) is 6.42 Å². The van der Waals surface area contributed by atoms with Gasteiger partial charge in [0.25, 0.3) is 0 Å². The van der Waals surface area contributed by atoms with Gasteiger partial charge in [-0.25, -0.2) is 0 Å². The Bertz CT molecular complexity index is 337. The van der Waals surface area contributed by atoms with Crippen molar-refractivity contribution in [2.75, 3.05) is 7.05 Å². The van der Waals surface area contributed by atoms with Gasteiger partial charge in [-0.15, -0.1) is 0 Å². The first-order valence-electron chi connectivity index (χ1n) is 5.97. The van der Waals surface area contributed by atoms with Crippen molar-refractivity contribution >= 4 is 0 Å². The van der Waals surface area contributed by atoms with Crippen LogP contribution in [0, 0.1) is 5.92 Å². The molecule has 0 bridgehead atoms. The van der Waals surface area contributed by atoms with Crippen LogP contribution < -0.4 is 5.32 Å². The van der Waals surface area contributed by atoms with Crippen LogP contribution in [-0.2, 0) is 0 Å². The summed E-state index contributed by atoms with van der Waals surface area (Å²) in [5.41, 5.74) is 3.83. The van der Waals surface area contributed by atoms with Crippen LogP contribution in [0.25, 0.3) is 0 Å². The topological polar surface area (TPSA) is 15.3 Å². The third kappa shape index (κ3) is 2.91. The summed E-state index contributed by atoms with van der Waals surface area (Å²) in [5, 5.41) is 3.40. The van der Waals surface area contributed by atoms with Crippen LogP contribution >= 0.6 is 0 Å². The van der Waals surface area contributed by atoms with E-state index >= 15 is 0 Å². The third-order valence-electron chi connectivity index (χ3n) is 3.50. The van der Waals surface area contributed by atoms with Gasteiger partial charge in [0.1, 0.15) is 5.82 Å². The average molecular weight is 220 g/mol. The molecule has 0 radical (unpaired) electrons. The summed E-state index contributed by atoms with van der Waals surface area (Å²) in [4.78, 5) is 2.21. The van der Waals surface area contributed by atoms with E-state index in [1.807, 2.05) is 0 Å². The summed E-state index contributed by atoms with van der Waals surface area (Å²) in [6, 6.07) is 0. The standard InChI is InChI=1S/C14H24N2/c1-10(2)11(3)8-7-9-14-15-12(4)13(5)16(14)6/h9,11,15H,1,7-8H2,2-6H3. The summed E-state index contributed by atoms with van der Waals surface area (Å²) in [6.45, 7) is 12.6. The van der Waals surface area contributed by atoms with Crippen LogP contribution in [0.5, 0.6) is 0 Å². The minimum absolute atomic E-state index is 0.610. The van der Waals surface area contributed by atoms with Gasteiger partial charge in [-0.05, 0) is 45.6 Å². The fourth-order valence-electron chi connectivity index (χ4n) is 1.70. The molecule has 16 heavy (non-hydrogen) atoms. The zero-order valence-corrected chi connectivity index (χ0v) is 11.2. The Labute approximate surface area is 99.7 Å². The zero-order valence-electron chi connectivity index (χ0n) is 11.2. The lowest BCUT2D eigenvalue weighted by atomic mass is 9.99.